The van der Waals surface area contributed by atoms with Gasteiger partial charge in [-0.25, -0.2) is 4.39 Å². The van der Waals surface area contributed by atoms with Gasteiger partial charge in [0.1, 0.15) is 17.7 Å². The Bertz CT molecular complexity index is 471. The van der Waals surface area contributed by atoms with Gasteiger partial charge in [0.2, 0.25) is 0 Å². The third-order valence-corrected chi connectivity index (χ3v) is 5.67. The second-order valence-corrected chi connectivity index (χ2v) is 7.53. The highest BCUT2D eigenvalue weighted by molar-refractivity contribution is 9.10. The molecule has 1 aromatic carbocycles. The highest BCUT2D eigenvalue weighted by Gasteiger charge is 2.39. The summed E-state index contributed by atoms with van der Waals surface area (Å²) in [5.74, 6) is 2.66. The van der Waals surface area contributed by atoms with Gasteiger partial charge in [0.05, 0.1) is 16.7 Å². The minimum absolute atomic E-state index is 0.00206. The summed E-state index contributed by atoms with van der Waals surface area (Å²) < 4.78 is 26.0. The van der Waals surface area contributed by atoms with E-state index in [0.717, 1.165) is 32.3 Å². The van der Waals surface area contributed by atoms with Gasteiger partial charge in [0.25, 0.3) is 0 Å². The van der Waals surface area contributed by atoms with Crippen LogP contribution in [0.4, 0.5) is 4.39 Å². The summed E-state index contributed by atoms with van der Waals surface area (Å²) in [5, 5.41) is 0. The fourth-order valence-electron chi connectivity index (χ4n) is 2.92. The Morgan fingerprint density at radius 1 is 1.35 bits per heavy atom. The summed E-state index contributed by atoms with van der Waals surface area (Å²) in [5.41, 5.74) is 0.00206. The average Bonchev–Trinajstić information content (AvgIpc) is 2.44. The Hall–Kier alpha value is -0.260. The molecule has 0 aromatic heterocycles. The van der Waals surface area contributed by atoms with E-state index in [9.17, 15) is 4.39 Å². The van der Waals surface area contributed by atoms with E-state index in [-0.39, 0.29) is 17.5 Å². The first-order chi connectivity index (χ1) is 9.67. The number of hydrogen-bond donors (Lipinski definition) is 0. The summed E-state index contributed by atoms with van der Waals surface area (Å²) in [7, 11) is 0. The largest absolute Gasteiger partial charge is 0.490 e. The topological polar surface area (TPSA) is 18.5 Å². The summed E-state index contributed by atoms with van der Waals surface area (Å²) in [6.07, 6.45) is 4.14. The predicted octanol–water partition coefficient (Wildman–Crippen LogP) is 4.41. The van der Waals surface area contributed by atoms with E-state index >= 15 is 0 Å². The van der Waals surface area contributed by atoms with Crippen molar-refractivity contribution in [2.75, 3.05) is 18.1 Å². The highest BCUT2D eigenvalue weighted by atomic mass is 79.9. The minimum atomic E-state index is -0.279. The molecule has 1 spiro atoms. The molecule has 0 radical (unpaired) electrons. The third-order valence-electron chi connectivity index (χ3n) is 4.05. The lowest BCUT2D eigenvalue weighted by Gasteiger charge is -2.43. The lowest BCUT2D eigenvalue weighted by molar-refractivity contribution is -0.116. The molecule has 1 aromatic rings. The van der Waals surface area contributed by atoms with Crippen molar-refractivity contribution in [1.29, 1.82) is 0 Å². The Labute approximate surface area is 131 Å². The average molecular weight is 361 g/mol. The molecule has 0 bridgehead atoms. The van der Waals surface area contributed by atoms with Crippen molar-refractivity contribution in [3.8, 4) is 5.75 Å². The zero-order chi connectivity index (χ0) is 14.0. The van der Waals surface area contributed by atoms with Gasteiger partial charge in [-0.15, -0.1) is 0 Å². The first-order valence-electron chi connectivity index (χ1n) is 7.00. The molecule has 1 atom stereocenters. The van der Waals surface area contributed by atoms with Crippen LogP contribution in [0, 0.1) is 5.82 Å². The zero-order valence-corrected chi connectivity index (χ0v) is 13.6. The fourth-order valence-corrected chi connectivity index (χ4v) is 4.40. The van der Waals surface area contributed by atoms with Crippen LogP contribution < -0.4 is 4.74 Å². The van der Waals surface area contributed by atoms with Crippen molar-refractivity contribution in [2.45, 2.75) is 37.4 Å². The smallest absolute Gasteiger partial charge is 0.141 e. The van der Waals surface area contributed by atoms with Crippen LogP contribution in [0.25, 0.3) is 0 Å². The van der Waals surface area contributed by atoms with Crippen LogP contribution in [-0.2, 0) is 4.74 Å². The van der Waals surface area contributed by atoms with Crippen LogP contribution in [0.1, 0.15) is 25.7 Å². The quantitative estimate of drug-likeness (QED) is 0.777. The standard InChI is InChI=1S/C15H18BrFO2S/c16-13-2-1-11(9-14(13)17)19-12-3-6-18-15(10-12)4-7-20-8-5-15/h1-2,9,12H,3-8,10H2. The van der Waals surface area contributed by atoms with Crippen molar-refractivity contribution < 1.29 is 13.9 Å². The van der Waals surface area contributed by atoms with Gasteiger partial charge >= 0.3 is 0 Å². The molecule has 0 saturated carbocycles. The van der Waals surface area contributed by atoms with E-state index in [0.29, 0.717) is 10.2 Å². The summed E-state index contributed by atoms with van der Waals surface area (Å²) >= 11 is 5.15. The lowest BCUT2D eigenvalue weighted by Crippen LogP contribution is -2.46. The van der Waals surface area contributed by atoms with Crippen LogP contribution >= 0.6 is 27.7 Å². The van der Waals surface area contributed by atoms with Gasteiger partial charge in [0.15, 0.2) is 0 Å². The molecular formula is C15H18BrFO2S. The van der Waals surface area contributed by atoms with Crippen molar-refractivity contribution in [2.24, 2.45) is 0 Å². The maximum Gasteiger partial charge on any atom is 0.141 e. The Morgan fingerprint density at radius 3 is 2.90 bits per heavy atom. The maximum absolute atomic E-state index is 13.5. The molecule has 2 aliphatic heterocycles. The predicted molar refractivity (Wildman–Crippen MR) is 83.0 cm³/mol. The molecule has 110 valence electrons. The van der Waals surface area contributed by atoms with Crippen molar-refractivity contribution in [3.63, 3.8) is 0 Å². The van der Waals surface area contributed by atoms with E-state index in [2.05, 4.69) is 15.9 Å². The van der Waals surface area contributed by atoms with Crippen molar-refractivity contribution in [1.82, 2.24) is 0 Å². The molecule has 1 unspecified atom stereocenters. The Morgan fingerprint density at radius 2 is 2.15 bits per heavy atom. The van der Waals surface area contributed by atoms with Crippen LogP contribution in [0.2, 0.25) is 0 Å². The highest BCUT2D eigenvalue weighted by Crippen LogP contribution is 2.38. The summed E-state index contributed by atoms with van der Waals surface area (Å²) in [6.45, 7) is 0.744. The molecule has 0 aliphatic carbocycles. The summed E-state index contributed by atoms with van der Waals surface area (Å²) in [6, 6.07) is 4.95. The monoisotopic (exact) mass is 360 g/mol. The molecule has 2 fully saturated rings. The number of halogens is 2. The van der Waals surface area contributed by atoms with Crippen LogP contribution in [0.3, 0.4) is 0 Å². The molecule has 0 N–H and O–H groups in total. The molecule has 3 rings (SSSR count). The third kappa shape index (κ3) is 3.31. The molecule has 5 heteroatoms. The second kappa shape index (κ2) is 6.24. The van der Waals surface area contributed by atoms with E-state index in [1.165, 1.54) is 17.6 Å². The molecule has 0 amide bonds. The number of rotatable bonds is 2. The molecule has 2 aliphatic rings. The van der Waals surface area contributed by atoms with Crippen LogP contribution in [0.5, 0.6) is 5.75 Å². The van der Waals surface area contributed by atoms with E-state index in [4.69, 9.17) is 9.47 Å². The maximum atomic E-state index is 13.5. The van der Waals surface area contributed by atoms with Gasteiger partial charge in [-0.3, -0.25) is 0 Å². The number of thioether (sulfide) groups is 1. The number of ether oxygens (including phenoxy) is 2. The van der Waals surface area contributed by atoms with Gasteiger partial charge in [-0.2, -0.15) is 11.8 Å². The zero-order valence-electron chi connectivity index (χ0n) is 11.2. The first kappa shape index (κ1) is 14.7. The van der Waals surface area contributed by atoms with Gasteiger partial charge in [0, 0.05) is 18.9 Å². The van der Waals surface area contributed by atoms with Crippen LogP contribution in [0.15, 0.2) is 22.7 Å². The molecule has 2 saturated heterocycles. The molecular weight excluding hydrogens is 343 g/mol. The van der Waals surface area contributed by atoms with Gasteiger partial charge in [-0.05, 0) is 52.4 Å². The SMILES string of the molecule is Fc1cc(OC2CCOC3(CCSCC3)C2)ccc1Br. The van der Waals surface area contributed by atoms with Crippen molar-refractivity contribution in [3.05, 3.63) is 28.5 Å². The Balaban J connectivity index is 1.66. The van der Waals surface area contributed by atoms with Gasteiger partial charge in [-0.1, -0.05) is 0 Å². The van der Waals surface area contributed by atoms with Crippen molar-refractivity contribution >= 4 is 27.7 Å². The lowest BCUT2D eigenvalue weighted by atomic mass is 9.86. The molecule has 2 nitrogen and oxygen atoms in total. The minimum Gasteiger partial charge on any atom is -0.490 e. The van der Waals surface area contributed by atoms with E-state index < -0.39 is 0 Å². The summed E-state index contributed by atoms with van der Waals surface area (Å²) in [4.78, 5) is 0. The van der Waals surface area contributed by atoms with Crippen LogP contribution in [-0.4, -0.2) is 29.8 Å². The first-order valence-corrected chi connectivity index (χ1v) is 8.95. The molecule has 20 heavy (non-hydrogen) atoms. The molecule has 2 heterocycles. The number of hydrogen-bond acceptors (Lipinski definition) is 3. The van der Waals surface area contributed by atoms with E-state index in [1.807, 2.05) is 17.8 Å². The Kier molecular flexibility index (Phi) is 4.58. The number of benzene rings is 1. The normalized spacial score (nSPS) is 25.6. The van der Waals surface area contributed by atoms with E-state index in [1.54, 1.807) is 6.07 Å². The fraction of sp³-hybridized carbons (Fsp3) is 0.600. The second-order valence-electron chi connectivity index (χ2n) is 5.45. The van der Waals surface area contributed by atoms with Gasteiger partial charge < -0.3 is 9.47 Å².